The highest BCUT2D eigenvalue weighted by molar-refractivity contribution is 5.85. The SMILES string of the molecule is CCCc1cc(N2CCN(CCCCn3nc(C)c(=O)[nH]c3=O)CC2)nc(C(C)(C)C)n1.Cl.Cn1c(=O)cnn(CCCCN2CCN(c3cc(C(F)(F)F)nc(C(C)(C)C)n3)CC2)c1=O. The molecule has 366 valence electrons. The Morgan fingerprint density at radius 2 is 1.15 bits per heavy atom. The van der Waals surface area contributed by atoms with Crippen LogP contribution in [0.2, 0.25) is 0 Å². The molecule has 22 heteroatoms. The van der Waals surface area contributed by atoms with Gasteiger partial charge in [-0.3, -0.25) is 28.9 Å². The third-order valence-electron chi connectivity index (χ3n) is 11.4. The summed E-state index contributed by atoms with van der Waals surface area (Å²) in [6, 6.07) is 3.19. The number of aromatic amines is 1. The molecule has 0 aromatic carbocycles. The topological polar surface area (TPSA) is 189 Å². The van der Waals surface area contributed by atoms with Crippen molar-refractivity contribution < 1.29 is 13.2 Å². The Hall–Kier alpha value is -5.02. The molecule has 0 bridgehead atoms. The minimum atomic E-state index is -4.53. The molecule has 1 N–H and O–H groups in total. The predicted molar refractivity (Wildman–Crippen MR) is 251 cm³/mol. The summed E-state index contributed by atoms with van der Waals surface area (Å²) in [5.74, 6) is 2.45. The lowest BCUT2D eigenvalue weighted by molar-refractivity contribution is -0.141. The maximum absolute atomic E-state index is 13.4. The molecular formula is C44H68ClF3N14O4. The number of hydrogen-bond donors (Lipinski definition) is 1. The first kappa shape index (κ1) is 53.6. The third-order valence-corrected chi connectivity index (χ3v) is 11.4. The van der Waals surface area contributed by atoms with Gasteiger partial charge in [-0.05, 0) is 52.1 Å². The Morgan fingerprint density at radius 3 is 1.65 bits per heavy atom. The van der Waals surface area contributed by atoms with Gasteiger partial charge in [-0.2, -0.15) is 23.4 Å². The zero-order valence-corrected chi connectivity index (χ0v) is 40.8. The van der Waals surface area contributed by atoms with E-state index in [4.69, 9.17) is 9.97 Å². The summed E-state index contributed by atoms with van der Waals surface area (Å²) in [6.07, 6.45) is 2.04. The summed E-state index contributed by atoms with van der Waals surface area (Å²) < 4.78 is 43.8. The van der Waals surface area contributed by atoms with E-state index >= 15 is 0 Å². The van der Waals surface area contributed by atoms with E-state index in [1.54, 1.807) is 27.7 Å². The minimum absolute atomic E-state index is 0. The number of alkyl halides is 3. The van der Waals surface area contributed by atoms with Gasteiger partial charge in [0, 0.05) is 101 Å². The number of halogens is 4. The molecule has 0 spiro atoms. The number of unbranched alkanes of at least 4 members (excludes halogenated alkanes) is 2. The maximum atomic E-state index is 13.4. The summed E-state index contributed by atoms with van der Waals surface area (Å²) in [6.45, 7) is 24.8. The molecule has 18 nitrogen and oxygen atoms in total. The molecule has 0 aliphatic carbocycles. The molecule has 66 heavy (non-hydrogen) atoms. The molecule has 2 fully saturated rings. The average molecular weight is 950 g/mol. The highest BCUT2D eigenvalue weighted by atomic mass is 35.5. The van der Waals surface area contributed by atoms with Gasteiger partial charge in [-0.15, -0.1) is 12.4 Å². The number of hydrogen-bond acceptors (Lipinski definition) is 14. The fraction of sp³-hybridized carbons (Fsp3) is 0.682. The van der Waals surface area contributed by atoms with Crippen molar-refractivity contribution in [1.82, 2.24) is 58.8 Å². The second-order valence-corrected chi connectivity index (χ2v) is 18.9. The molecule has 4 aromatic heterocycles. The monoisotopic (exact) mass is 949 g/mol. The number of aryl methyl sites for hydroxylation is 4. The zero-order chi connectivity index (χ0) is 47.7. The molecule has 6 heterocycles. The van der Waals surface area contributed by atoms with Crippen molar-refractivity contribution in [1.29, 1.82) is 0 Å². The van der Waals surface area contributed by atoms with Gasteiger partial charge >= 0.3 is 17.6 Å². The first-order valence-corrected chi connectivity index (χ1v) is 22.6. The van der Waals surface area contributed by atoms with Crippen LogP contribution in [0.25, 0.3) is 0 Å². The lowest BCUT2D eigenvalue weighted by atomic mass is 9.95. The fourth-order valence-electron chi connectivity index (χ4n) is 7.39. The number of H-pyrrole nitrogens is 1. The third kappa shape index (κ3) is 15.0. The van der Waals surface area contributed by atoms with Crippen molar-refractivity contribution in [2.24, 2.45) is 7.05 Å². The normalized spacial score (nSPS) is 15.3. The quantitative estimate of drug-likeness (QED) is 0.179. The zero-order valence-electron chi connectivity index (χ0n) is 39.9. The van der Waals surface area contributed by atoms with E-state index in [1.807, 2.05) is 4.90 Å². The summed E-state index contributed by atoms with van der Waals surface area (Å²) >= 11 is 0. The molecular weight excluding hydrogens is 881 g/mol. The lowest BCUT2D eigenvalue weighted by Crippen LogP contribution is -2.47. The van der Waals surface area contributed by atoms with Crippen LogP contribution >= 0.6 is 12.4 Å². The van der Waals surface area contributed by atoms with Crippen LogP contribution in [-0.2, 0) is 43.6 Å². The summed E-state index contributed by atoms with van der Waals surface area (Å²) in [4.78, 5) is 75.8. The standard InChI is InChI=1S/C23H37N7O2.C21H30F3N7O2.ClH/c1-6-9-18-16-19(25-21(24-18)23(3,4)5)29-14-12-28(13-15-29)10-7-8-11-30-22(32)26-20(31)17(2)27-30;1-20(2,3)18-26-15(21(22,23)24)13-16(27-18)30-11-9-29(10-12-30)7-5-6-8-31-19(33)28(4)17(32)14-25-31;/h16H,6-15H2,1-5H3,(H,26,31,32);13-14H,5-12H2,1-4H3;1H. The van der Waals surface area contributed by atoms with E-state index < -0.39 is 39.8 Å². The second-order valence-electron chi connectivity index (χ2n) is 18.9. The Morgan fingerprint density at radius 1 is 0.667 bits per heavy atom. The maximum Gasteiger partial charge on any atom is 0.433 e. The Kier molecular flexibility index (Phi) is 18.8. The minimum Gasteiger partial charge on any atom is -0.354 e. The van der Waals surface area contributed by atoms with E-state index in [2.05, 4.69) is 73.6 Å². The van der Waals surface area contributed by atoms with Crippen LogP contribution in [0.5, 0.6) is 0 Å². The fourth-order valence-corrected chi connectivity index (χ4v) is 7.39. The van der Waals surface area contributed by atoms with Gasteiger partial charge in [0.15, 0.2) is 0 Å². The van der Waals surface area contributed by atoms with Gasteiger partial charge in [-0.1, -0.05) is 54.9 Å². The number of nitrogens with one attached hydrogen (secondary N) is 1. The van der Waals surface area contributed by atoms with E-state index in [0.29, 0.717) is 50.8 Å². The van der Waals surface area contributed by atoms with E-state index in [0.717, 1.165) is 112 Å². The Balaban J connectivity index is 0.000000284. The second kappa shape index (κ2) is 23.1. The summed E-state index contributed by atoms with van der Waals surface area (Å²) in [5, 5.41) is 7.95. The van der Waals surface area contributed by atoms with Gasteiger partial charge < -0.3 is 9.80 Å². The first-order valence-electron chi connectivity index (χ1n) is 22.6. The first-order chi connectivity index (χ1) is 30.5. The highest BCUT2D eigenvalue weighted by Gasteiger charge is 2.36. The van der Waals surface area contributed by atoms with Crippen LogP contribution in [-0.4, -0.2) is 124 Å². The summed E-state index contributed by atoms with van der Waals surface area (Å²) in [5.41, 5.74) is -1.85. The molecule has 0 unspecified atom stereocenters. The highest BCUT2D eigenvalue weighted by Crippen LogP contribution is 2.32. The molecule has 2 saturated heterocycles. The molecule has 0 amide bonds. The molecule has 4 aromatic rings. The molecule has 2 aliphatic heterocycles. The molecule has 0 atom stereocenters. The average Bonchev–Trinajstić information content (AvgIpc) is 3.25. The number of anilines is 2. The smallest absolute Gasteiger partial charge is 0.354 e. The van der Waals surface area contributed by atoms with Crippen LogP contribution in [0, 0.1) is 6.92 Å². The summed E-state index contributed by atoms with van der Waals surface area (Å²) in [7, 11) is 1.42. The lowest BCUT2D eigenvalue weighted by Gasteiger charge is -2.36. The van der Waals surface area contributed by atoms with Crippen molar-refractivity contribution in [2.45, 2.75) is 124 Å². The van der Waals surface area contributed by atoms with Gasteiger partial charge in [0.05, 0.1) is 0 Å². The van der Waals surface area contributed by atoms with Crippen molar-refractivity contribution in [3.05, 3.63) is 88.7 Å². The number of piperazine rings is 2. The Bertz CT molecular complexity index is 2410. The molecule has 0 saturated carbocycles. The van der Waals surface area contributed by atoms with Crippen LogP contribution in [0.4, 0.5) is 24.8 Å². The molecule has 6 rings (SSSR count). The largest absolute Gasteiger partial charge is 0.433 e. The van der Waals surface area contributed by atoms with Gasteiger partial charge in [-0.25, -0.2) is 38.9 Å². The van der Waals surface area contributed by atoms with Crippen molar-refractivity contribution in [2.75, 3.05) is 75.2 Å². The van der Waals surface area contributed by atoms with Crippen molar-refractivity contribution in [3.63, 3.8) is 0 Å². The van der Waals surface area contributed by atoms with Crippen molar-refractivity contribution >= 4 is 24.0 Å². The van der Waals surface area contributed by atoms with Crippen LogP contribution in [0.1, 0.15) is 109 Å². The number of nitrogens with zero attached hydrogens (tertiary/aromatic N) is 13. The predicted octanol–water partition coefficient (Wildman–Crippen LogP) is 3.95. The van der Waals surface area contributed by atoms with E-state index in [9.17, 15) is 32.3 Å². The number of rotatable bonds is 14. The van der Waals surface area contributed by atoms with Gasteiger partial charge in [0.1, 0.15) is 40.9 Å². The molecule has 0 radical (unpaired) electrons. The number of aromatic nitrogens is 10. The van der Waals surface area contributed by atoms with Gasteiger partial charge in [0.25, 0.3) is 11.1 Å². The van der Waals surface area contributed by atoms with Gasteiger partial charge in [0.2, 0.25) is 0 Å². The van der Waals surface area contributed by atoms with E-state index in [1.165, 1.54) is 16.4 Å². The van der Waals surface area contributed by atoms with E-state index in [-0.39, 0.29) is 23.6 Å². The van der Waals surface area contributed by atoms with Crippen LogP contribution < -0.4 is 32.3 Å². The van der Waals surface area contributed by atoms with Crippen molar-refractivity contribution in [3.8, 4) is 0 Å². The van der Waals surface area contributed by atoms with Crippen LogP contribution in [0.15, 0.2) is 37.5 Å². The Labute approximate surface area is 390 Å². The molecule has 2 aliphatic rings. The van der Waals surface area contributed by atoms with Crippen LogP contribution in [0.3, 0.4) is 0 Å².